The van der Waals surface area contributed by atoms with Crippen molar-refractivity contribution in [3.8, 4) is 0 Å². The highest BCUT2D eigenvalue weighted by Crippen LogP contribution is 2.05. The fraction of sp³-hybridized carbons (Fsp3) is 0.333. The molecule has 1 aliphatic heterocycles. The van der Waals surface area contributed by atoms with Gasteiger partial charge < -0.3 is 15.7 Å². The second kappa shape index (κ2) is 2.11. The standard InChI is InChI=1S/C6H10N2O/c1-8-4-2-3-5(9)6(8)7/h2-4,6,9H,7H2,1H3. The van der Waals surface area contributed by atoms with E-state index < -0.39 is 0 Å². The molecule has 0 aromatic heterocycles. The lowest BCUT2D eigenvalue weighted by atomic mass is 10.3. The molecule has 3 nitrogen and oxygen atoms in total. The zero-order chi connectivity index (χ0) is 6.85. The van der Waals surface area contributed by atoms with Gasteiger partial charge in [0.1, 0.15) is 11.9 Å². The van der Waals surface area contributed by atoms with Crippen molar-refractivity contribution in [1.82, 2.24) is 4.90 Å². The molecule has 1 atom stereocenters. The Bertz CT molecular complexity index is 162. The molecule has 0 fully saturated rings. The first kappa shape index (κ1) is 6.16. The van der Waals surface area contributed by atoms with Gasteiger partial charge in [0.25, 0.3) is 0 Å². The minimum Gasteiger partial charge on any atom is -0.509 e. The number of nitrogens with two attached hydrogens (primary N) is 1. The summed E-state index contributed by atoms with van der Waals surface area (Å²) in [5, 5.41) is 8.99. The van der Waals surface area contributed by atoms with Crippen LogP contribution in [0.15, 0.2) is 24.1 Å². The molecule has 1 heterocycles. The van der Waals surface area contributed by atoms with Crippen LogP contribution in [0.4, 0.5) is 0 Å². The highest BCUT2D eigenvalue weighted by Gasteiger charge is 2.11. The molecule has 9 heavy (non-hydrogen) atoms. The molecular weight excluding hydrogens is 116 g/mol. The fourth-order valence-corrected chi connectivity index (χ4v) is 0.677. The molecule has 0 aliphatic carbocycles. The smallest absolute Gasteiger partial charge is 0.135 e. The quantitative estimate of drug-likeness (QED) is 0.486. The maximum absolute atomic E-state index is 8.99. The first-order chi connectivity index (χ1) is 4.22. The molecule has 0 saturated carbocycles. The van der Waals surface area contributed by atoms with Crippen LogP contribution < -0.4 is 5.73 Å². The van der Waals surface area contributed by atoms with Gasteiger partial charge in [-0.25, -0.2) is 0 Å². The Morgan fingerprint density at radius 1 is 1.78 bits per heavy atom. The Kier molecular flexibility index (Phi) is 1.44. The van der Waals surface area contributed by atoms with Crippen molar-refractivity contribution >= 4 is 0 Å². The molecular formula is C6H10N2O. The minimum absolute atomic E-state index is 0.208. The molecule has 1 unspecified atom stereocenters. The highest BCUT2D eigenvalue weighted by molar-refractivity contribution is 5.15. The SMILES string of the molecule is CN1C=CC=C(O)C1N. The predicted octanol–water partition coefficient (Wildman–Crippen LogP) is 0.172. The van der Waals surface area contributed by atoms with E-state index in [2.05, 4.69) is 0 Å². The fourth-order valence-electron chi connectivity index (χ4n) is 0.677. The van der Waals surface area contributed by atoms with Crippen LogP contribution in [0.3, 0.4) is 0 Å². The number of nitrogens with zero attached hydrogens (tertiary/aromatic N) is 1. The maximum atomic E-state index is 8.99. The lowest BCUT2D eigenvalue weighted by Crippen LogP contribution is -2.38. The molecule has 0 spiro atoms. The maximum Gasteiger partial charge on any atom is 0.135 e. The summed E-state index contributed by atoms with van der Waals surface area (Å²) in [5.41, 5.74) is 5.48. The molecule has 0 aromatic carbocycles. The van der Waals surface area contributed by atoms with E-state index >= 15 is 0 Å². The lowest BCUT2D eigenvalue weighted by molar-refractivity contribution is 0.262. The van der Waals surface area contributed by atoms with Gasteiger partial charge in [0, 0.05) is 13.2 Å². The van der Waals surface area contributed by atoms with Crippen LogP contribution >= 0.6 is 0 Å². The topological polar surface area (TPSA) is 49.5 Å². The van der Waals surface area contributed by atoms with Gasteiger partial charge in [-0.1, -0.05) is 0 Å². The molecule has 0 bridgehead atoms. The number of allylic oxidation sites excluding steroid dienone is 2. The van der Waals surface area contributed by atoms with Crippen molar-refractivity contribution in [3.63, 3.8) is 0 Å². The average Bonchev–Trinajstić information content (AvgIpc) is 1.83. The summed E-state index contributed by atoms with van der Waals surface area (Å²) in [7, 11) is 1.81. The molecule has 0 aromatic rings. The van der Waals surface area contributed by atoms with Crippen LogP contribution in [0, 0.1) is 0 Å². The van der Waals surface area contributed by atoms with E-state index in [-0.39, 0.29) is 11.9 Å². The van der Waals surface area contributed by atoms with Crippen molar-refractivity contribution < 1.29 is 5.11 Å². The van der Waals surface area contributed by atoms with Crippen molar-refractivity contribution in [2.45, 2.75) is 6.17 Å². The van der Waals surface area contributed by atoms with E-state index in [1.54, 1.807) is 17.1 Å². The summed E-state index contributed by atoms with van der Waals surface area (Å²) < 4.78 is 0. The molecule has 50 valence electrons. The molecule has 1 aliphatic rings. The number of likely N-dealkylation sites (N-methyl/N-ethyl adjacent to an activating group) is 1. The molecule has 3 heteroatoms. The lowest BCUT2D eigenvalue weighted by Gasteiger charge is -2.24. The number of hydrogen-bond donors (Lipinski definition) is 2. The molecule has 0 saturated heterocycles. The Morgan fingerprint density at radius 2 is 2.44 bits per heavy atom. The third-order valence-electron chi connectivity index (χ3n) is 1.33. The second-order valence-electron chi connectivity index (χ2n) is 2.04. The van der Waals surface area contributed by atoms with Gasteiger partial charge in [-0.05, 0) is 12.2 Å². The van der Waals surface area contributed by atoms with Crippen LogP contribution in [0.25, 0.3) is 0 Å². The normalized spacial score (nSPS) is 26.2. The zero-order valence-corrected chi connectivity index (χ0v) is 5.28. The molecule has 1 rings (SSSR count). The van der Waals surface area contributed by atoms with E-state index in [4.69, 9.17) is 10.8 Å². The third kappa shape index (κ3) is 1.05. The molecule has 3 N–H and O–H groups in total. The van der Waals surface area contributed by atoms with Crippen LogP contribution in [-0.2, 0) is 0 Å². The summed E-state index contributed by atoms with van der Waals surface area (Å²) in [6.45, 7) is 0. The van der Waals surface area contributed by atoms with Gasteiger partial charge in [0.2, 0.25) is 0 Å². The Balaban J connectivity index is 2.73. The Morgan fingerprint density at radius 3 is 2.89 bits per heavy atom. The van der Waals surface area contributed by atoms with Gasteiger partial charge >= 0.3 is 0 Å². The van der Waals surface area contributed by atoms with Crippen molar-refractivity contribution in [3.05, 3.63) is 24.1 Å². The Hall–Kier alpha value is -0.960. The largest absolute Gasteiger partial charge is 0.509 e. The summed E-state index contributed by atoms with van der Waals surface area (Å²) in [6.07, 6.45) is 4.78. The monoisotopic (exact) mass is 126 g/mol. The van der Waals surface area contributed by atoms with E-state index in [0.717, 1.165) is 0 Å². The number of hydrogen-bond acceptors (Lipinski definition) is 3. The first-order valence-corrected chi connectivity index (χ1v) is 2.76. The zero-order valence-electron chi connectivity index (χ0n) is 5.28. The van der Waals surface area contributed by atoms with E-state index in [0.29, 0.717) is 0 Å². The van der Waals surface area contributed by atoms with Crippen LogP contribution in [0.2, 0.25) is 0 Å². The highest BCUT2D eigenvalue weighted by atomic mass is 16.3. The Labute approximate surface area is 54.1 Å². The predicted molar refractivity (Wildman–Crippen MR) is 35.6 cm³/mol. The number of aliphatic hydroxyl groups is 1. The van der Waals surface area contributed by atoms with Gasteiger partial charge in [-0.2, -0.15) is 0 Å². The third-order valence-corrected chi connectivity index (χ3v) is 1.33. The summed E-state index contributed by atoms with van der Waals surface area (Å²) in [4.78, 5) is 1.73. The summed E-state index contributed by atoms with van der Waals surface area (Å²) in [6, 6.07) is 0. The summed E-state index contributed by atoms with van der Waals surface area (Å²) >= 11 is 0. The number of aliphatic hydroxyl groups excluding tert-OH is 1. The van der Waals surface area contributed by atoms with E-state index in [1.807, 2.05) is 13.2 Å². The van der Waals surface area contributed by atoms with Gasteiger partial charge in [-0.15, -0.1) is 0 Å². The number of rotatable bonds is 0. The van der Waals surface area contributed by atoms with Gasteiger partial charge in [0.15, 0.2) is 0 Å². The second-order valence-corrected chi connectivity index (χ2v) is 2.04. The molecule has 0 radical (unpaired) electrons. The minimum atomic E-state index is -0.366. The van der Waals surface area contributed by atoms with Gasteiger partial charge in [0.05, 0.1) is 0 Å². The van der Waals surface area contributed by atoms with Crippen LogP contribution in [0.1, 0.15) is 0 Å². The van der Waals surface area contributed by atoms with Crippen molar-refractivity contribution in [1.29, 1.82) is 0 Å². The van der Waals surface area contributed by atoms with E-state index in [1.165, 1.54) is 0 Å². The van der Waals surface area contributed by atoms with E-state index in [9.17, 15) is 0 Å². The van der Waals surface area contributed by atoms with Crippen LogP contribution in [0.5, 0.6) is 0 Å². The first-order valence-electron chi connectivity index (χ1n) is 2.76. The average molecular weight is 126 g/mol. The van der Waals surface area contributed by atoms with Crippen molar-refractivity contribution in [2.75, 3.05) is 7.05 Å². The van der Waals surface area contributed by atoms with Crippen LogP contribution in [-0.4, -0.2) is 23.2 Å². The summed E-state index contributed by atoms with van der Waals surface area (Å²) in [5.74, 6) is 0.208. The molecule has 0 amide bonds. The van der Waals surface area contributed by atoms with Crippen molar-refractivity contribution in [2.24, 2.45) is 5.73 Å². The van der Waals surface area contributed by atoms with Gasteiger partial charge in [-0.3, -0.25) is 0 Å².